The van der Waals surface area contributed by atoms with Crippen LogP contribution in [0, 0.1) is 0 Å². The van der Waals surface area contributed by atoms with Gasteiger partial charge in [-0.05, 0) is 40.5 Å². The van der Waals surface area contributed by atoms with Gasteiger partial charge in [-0.2, -0.15) is 20.1 Å². The fraction of sp³-hybridized carbons (Fsp3) is 0.714. The summed E-state index contributed by atoms with van der Waals surface area (Å²) < 4.78 is 0. The van der Waals surface area contributed by atoms with Gasteiger partial charge in [-0.1, -0.05) is 0 Å². The molecule has 0 aromatic carbocycles. The Hall–Kier alpha value is -2.12. The van der Waals surface area contributed by atoms with Gasteiger partial charge in [0.2, 0.25) is 23.8 Å². The number of hydrogen-bond donors (Lipinski definition) is 4. The Morgan fingerprint density at radius 3 is 1.37 bits per heavy atom. The summed E-state index contributed by atoms with van der Waals surface area (Å²) in [6.07, 6.45) is 1.44. The van der Waals surface area contributed by atoms with Crippen molar-refractivity contribution in [2.75, 3.05) is 13.2 Å². The summed E-state index contributed by atoms with van der Waals surface area (Å²) >= 11 is 0. The van der Waals surface area contributed by atoms with Crippen LogP contribution in [0.2, 0.25) is 0 Å². The Morgan fingerprint density at radius 2 is 1.07 bits per heavy atom. The summed E-state index contributed by atoms with van der Waals surface area (Å²) in [5.74, 6) is 0.612. The molecule has 13 heteroatoms. The number of hydrogen-bond acceptors (Lipinski definition) is 12. The lowest BCUT2D eigenvalue weighted by molar-refractivity contribution is -0.169. The number of nitrogens with zero attached hydrogens (tertiary/aromatic N) is 6. The molecule has 0 radical (unpaired) electrons. The zero-order chi connectivity index (χ0) is 19.5. The molecule has 0 bridgehead atoms. The van der Waals surface area contributed by atoms with Gasteiger partial charge in [-0.15, -0.1) is 17.0 Å². The van der Waals surface area contributed by atoms with Gasteiger partial charge in [-0.25, -0.2) is 9.98 Å². The topological polar surface area (TPSA) is 178 Å². The van der Waals surface area contributed by atoms with E-state index in [2.05, 4.69) is 20.0 Å². The van der Waals surface area contributed by atoms with Crippen LogP contribution < -0.4 is 22.9 Å². The first-order valence-corrected chi connectivity index (χ1v) is 8.28. The lowest BCUT2D eigenvalue weighted by Crippen LogP contribution is -2.54. The van der Waals surface area contributed by atoms with Gasteiger partial charge in [0.1, 0.15) is 0 Å². The molecule has 2 aliphatic heterocycles. The summed E-state index contributed by atoms with van der Waals surface area (Å²) in [7, 11) is 0. The molecule has 12 nitrogen and oxygen atoms in total. The summed E-state index contributed by atoms with van der Waals surface area (Å²) in [4.78, 5) is 27.6. The Bertz CT molecular complexity index is 602. The van der Waals surface area contributed by atoms with Crippen LogP contribution in [0.25, 0.3) is 0 Å². The quantitative estimate of drug-likeness (QED) is 0.378. The highest BCUT2D eigenvalue weighted by molar-refractivity contribution is 8.93. The van der Waals surface area contributed by atoms with Crippen molar-refractivity contribution in [3.63, 3.8) is 0 Å². The Kier molecular flexibility index (Phi) is 7.40. The molecule has 0 saturated heterocycles. The first-order chi connectivity index (χ1) is 12.0. The first kappa shape index (κ1) is 22.9. The van der Waals surface area contributed by atoms with Crippen LogP contribution in [0.1, 0.15) is 40.5 Å². The van der Waals surface area contributed by atoms with Gasteiger partial charge in [0.25, 0.3) is 0 Å². The lowest BCUT2D eigenvalue weighted by atomic mass is 10.2. The fourth-order valence-electron chi connectivity index (χ4n) is 2.55. The van der Waals surface area contributed by atoms with Crippen LogP contribution in [0.3, 0.4) is 0 Å². The van der Waals surface area contributed by atoms with Crippen LogP contribution in [-0.4, -0.2) is 58.5 Å². The van der Waals surface area contributed by atoms with Crippen molar-refractivity contribution in [3.05, 3.63) is 0 Å². The molecule has 2 heterocycles. The average molecular weight is 449 g/mol. The monoisotopic (exact) mass is 448 g/mol. The number of unbranched alkanes of at least 4 members (excludes halogenated alkanes) is 1. The molecule has 0 aliphatic carbocycles. The highest BCUT2D eigenvalue weighted by Crippen LogP contribution is 2.21. The van der Waals surface area contributed by atoms with Crippen LogP contribution in [0.15, 0.2) is 20.0 Å². The van der Waals surface area contributed by atoms with Crippen molar-refractivity contribution in [1.82, 2.24) is 10.1 Å². The van der Waals surface area contributed by atoms with E-state index >= 15 is 0 Å². The maximum atomic E-state index is 5.85. The second kappa shape index (κ2) is 8.71. The first-order valence-electron chi connectivity index (χ1n) is 8.28. The van der Waals surface area contributed by atoms with Gasteiger partial charge >= 0.3 is 0 Å². The van der Waals surface area contributed by atoms with Gasteiger partial charge < -0.3 is 22.9 Å². The molecule has 154 valence electrons. The molecule has 2 rings (SSSR count). The zero-order valence-electron chi connectivity index (χ0n) is 16.0. The van der Waals surface area contributed by atoms with Crippen LogP contribution in [-0.2, 0) is 9.68 Å². The maximum Gasteiger partial charge on any atom is 0.226 e. The molecule has 0 atom stereocenters. The van der Waals surface area contributed by atoms with Crippen LogP contribution in [0.5, 0.6) is 0 Å². The molecule has 0 amide bonds. The number of rotatable bonds is 7. The van der Waals surface area contributed by atoms with Crippen molar-refractivity contribution in [3.8, 4) is 0 Å². The average Bonchev–Trinajstić information content (AvgIpc) is 2.45. The Labute approximate surface area is 169 Å². The van der Waals surface area contributed by atoms with Gasteiger partial charge in [-0.3, -0.25) is 9.68 Å². The van der Waals surface area contributed by atoms with Crippen molar-refractivity contribution < 1.29 is 9.68 Å². The minimum Gasteiger partial charge on any atom is -0.368 e. The predicted molar refractivity (Wildman–Crippen MR) is 110 cm³/mol. The second-order valence-electron chi connectivity index (χ2n) is 6.83. The number of aliphatic imine (C=N–C) groups is 4. The smallest absolute Gasteiger partial charge is 0.226 e. The van der Waals surface area contributed by atoms with E-state index in [0.717, 1.165) is 12.8 Å². The maximum absolute atomic E-state index is 5.85. The summed E-state index contributed by atoms with van der Waals surface area (Å²) in [5, 5.41) is 2.89. The summed E-state index contributed by atoms with van der Waals surface area (Å²) in [6.45, 7) is 8.15. The second-order valence-corrected chi connectivity index (χ2v) is 6.83. The van der Waals surface area contributed by atoms with Crippen molar-refractivity contribution >= 4 is 40.8 Å². The minimum absolute atomic E-state index is 0. The molecule has 0 fully saturated rings. The third-order valence-corrected chi connectivity index (χ3v) is 3.62. The van der Waals surface area contributed by atoms with E-state index in [1.165, 1.54) is 10.1 Å². The van der Waals surface area contributed by atoms with E-state index in [9.17, 15) is 0 Å². The fourth-order valence-corrected chi connectivity index (χ4v) is 2.55. The largest absolute Gasteiger partial charge is 0.368 e. The number of guanidine groups is 4. The molecule has 27 heavy (non-hydrogen) atoms. The van der Waals surface area contributed by atoms with Gasteiger partial charge in [0, 0.05) is 0 Å². The number of halogens is 1. The lowest BCUT2D eigenvalue weighted by Gasteiger charge is -2.37. The summed E-state index contributed by atoms with van der Waals surface area (Å²) in [6, 6.07) is 0. The van der Waals surface area contributed by atoms with E-state index in [4.69, 9.17) is 32.6 Å². The molecule has 0 aromatic rings. The van der Waals surface area contributed by atoms with E-state index in [1.54, 1.807) is 0 Å². The third kappa shape index (κ3) is 5.68. The molecular weight excluding hydrogens is 420 g/mol. The molecular formula is C14H29BrN10O2. The van der Waals surface area contributed by atoms with Crippen LogP contribution in [0.4, 0.5) is 0 Å². The SMILES string of the molecule is Br.CC1(C)N=C(N)N=C(N)N1OCCCCON1C(N)=NC(N)=NC1(C)C. The third-order valence-electron chi connectivity index (χ3n) is 3.62. The Morgan fingerprint density at radius 1 is 0.741 bits per heavy atom. The number of nitrogens with two attached hydrogens (primary N) is 4. The van der Waals surface area contributed by atoms with Gasteiger partial charge in [0.15, 0.2) is 11.3 Å². The standard InChI is InChI=1S/C14H28N10O2.BrH/c1-13(2)21-9(15)19-11(17)23(13)25-7-5-6-8-26-24-12(18)20-10(16)22-14(24,3)4;/h5-8H2,1-4H3,(H4,15,17,19,21)(H4,16,18,20,22);1H. The molecule has 2 aliphatic rings. The van der Waals surface area contributed by atoms with Crippen LogP contribution >= 0.6 is 17.0 Å². The molecule has 0 unspecified atom stereocenters. The van der Waals surface area contributed by atoms with E-state index in [1.807, 2.05) is 27.7 Å². The van der Waals surface area contributed by atoms with E-state index in [0.29, 0.717) is 13.2 Å². The minimum atomic E-state index is -0.715. The molecule has 0 saturated carbocycles. The molecule has 8 N–H and O–H groups in total. The highest BCUT2D eigenvalue weighted by atomic mass is 79.9. The summed E-state index contributed by atoms with van der Waals surface area (Å²) in [5.41, 5.74) is 21.5. The predicted octanol–water partition coefficient (Wildman–Crippen LogP) is -0.430. The van der Waals surface area contributed by atoms with Crippen molar-refractivity contribution in [2.45, 2.75) is 51.9 Å². The van der Waals surface area contributed by atoms with Gasteiger partial charge in [0.05, 0.1) is 13.2 Å². The number of hydroxylamine groups is 4. The van der Waals surface area contributed by atoms with Crippen molar-refractivity contribution in [2.24, 2.45) is 42.9 Å². The normalized spacial score (nSPS) is 20.9. The highest BCUT2D eigenvalue weighted by Gasteiger charge is 2.34. The zero-order valence-corrected chi connectivity index (χ0v) is 17.8. The Balaban J connectivity index is 0.00000364. The van der Waals surface area contributed by atoms with Crippen molar-refractivity contribution in [1.29, 1.82) is 0 Å². The van der Waals surface area contributed by atoms with E-state index in [-0.39, 0.29) is 40.8 Å². The molecule has 0 aromatic heterocycles. The molecule has 0 spiro atoms. The van der Waals surface area contributed by atoms with E-state index < -0.39 is 11.3 Å².